The van der Waals surface area contributed by atoms with E-state index >= 15 is 0 Å². The van der Waals surface area contributed by atoms with Crippen LogP contribution < -0.4 is 5.73 Å². The van der Waals surface area contributed by atoms with E-state index in [0.717, 1.165) is 25.7 Å². The Morgan fingerprint density at radius 2 is 2.05 bits per heavy atom. The van der Waals surface area contributed by atoms with E-state index in [1.807, 2.05) is 6.92 Å². The van der Waals surface area contributed by atoms with E-state index in [-0.39, 0.29) is 16.6 Å². The first kappa shape index (κ1) is 15.7. The van der Waals surface area contributed by atoms with Gasteiger partial charge in [0.2, 0.25) is 10.0 Å². The van der Waals surface area contributed by atoms with Crippen LogP contribution in [0.25, 0.3) is 0 Å². The summed E-state index contributed by atoms with van der Waals surface area (Å²) in [6, 6.07) is 3.85. The van der Waals surface area contributed by atoms with Crippen molar-refractivity contribution in [1.82, 2.24) is 4.31 Å². The maximum Gasteiger partial charge on any atom is 0.312 e. The molecule has 1 atom stereocenters. The number of nitrogen functional groups attached to an aromatic ring is 1. The predicted molar refractivity (Wildman–Crippen MR) is 79.3 cm³/mol. The van der Waals surface area contributed by atoms with Crippen LogP contribution in [0.5, 0.6) is 0 Å². The molecule has 1 fully saturated rings. The summed E-state index contributed by atoms with van der Waals surface area (Å²) in [4.78, 5) is 10.1. The van der Waals surface area contributed by atoms with E-state index in [4.69, 9.17) is 5.73 Å². The SMILES string of the molecule is CC1CCCCCN1S(=O)(=O)c1cccc(N)c1[N+](=O)[O-]. The van der Waals surface area contributed by atoms with Gasteiger partial charge in [-0.2, -0.15) is 4.31 Å². The Kier molecular flexibility index (Phi) is 4.48. The molecule has 1 aromatic carbocycles. The largest absolute Gasteiger partial charge is 0.393 e. The smallest absolute Gasteiger partial charge is 0.312 e. The molecule has 1 aliphatic rings. The molecule has 0 aliphatic carbocycles. The molecule has 0 aromatic heterocycles. The Labute approximate surface area is 123 Å². The molecule has 1 aromatic rings. The topological polar surface area (TPSA) is 107 Å². The third kappa shape index (κ3) is 3.01. The van der Waals surface area contributed by atoms with Gasteiger partial charge in [-0.1, -0.05) is 18.9 Å². The Morgan fingerprint density at radius 3 is 2.71 bits per heavy atom. The highest BCUT2D eigenvalue weighted by atomic mass is 32.2. The highest BCUT2D eigenvalue weighted by Crippen LogP contribution is 2.33. The molecule has 2 N–H and O–H groups in total. The normalized spacial score (nSPS) is 20.9. The molecule has 1 heterocycles. The number of nitrogens with two attached hydrogens (primary N) is 1. The molecule has 1 unspecified atom stereocenters. The van der Waals surface area contributed by atoms with Crippen LogP contribution >= 0.6 is 0 Å². The van der Waals surface area contributed by atoms with Crippen molar-refractivity contribution in [3.63, 3.8) is 0 Å². The number of hydrogen-bond acceptors (Lipinski definition) is 5. The number of hydrogen-bond donors (Lipinski definition) is 1. The van der Waals surface area contributed by atoms with Gasteiger partial charge in [0, 0.05) is 12.6 Å². The molecule has 0 saturated carbocycles. The first-order chi connectivity index (χ1) is 9.85. The average molecular weight is 313 g/mol. The van der Waals surface area contributed by atoms with Crippen molar-refractivity contribution in [2.75, 3.05) is 12.3 Å². The van der Waals surface area contributed by atoms with Crippen LogP contribution in [0.2, 0.25) is 0 Å². The number of anilines is 1. The van der Waals surface area contributed by atoms with Gasteiger partial charge in [0.05, 0.1) is 4.92 Å². The van der Waals surface area contributed by atoms with Crippen molar-refractivity contribution in [3.8, 4) is 0 Å². The summed E-state index contributed by atoms with van der Waals surface area (Å²) in [6.07, 6.45) is 3.45. The molecule has 7 nitrogen and oxygen atoms in total. The molecular weight excluding hydrogens is 294 g/mol. The van der Waals surface area contributed by atoms with Gasteiger partial charge in [-0.05, 0) is 31.9 Å². The number of para-hydroxylation sites is 1. The number of sulfonamides is 1. The fourth-order valence-corrected chi connectivity index (χ4v) is 4.56. The summed E-state index contributed by atoms with van der Waals surface area (Å²) in [6.45, 7) is 2.22. The Balaban J connectivity index is 2.53. The quantitative estimate of drug-likeness (QED) is 0.522. The van der Waals surface area contributed by atoms with Gasteiger partial charge in [-0.15, -0.1) is 0 Å². The minimum absolute atomic E-state index is 0.136. The number of benzene rings is 1. The van der Waals surface area contributed by atoms with Crippen LogP contribution in [0.4, 0.5) is 11.4 Å². The van der Waals surface area contributed by atoms with Gasteiger partial charge >= 0.3 is 5.69 Å². The van der Waals surface area contributed by atoms with Crippen molar-refractivity contribution in [2.45, 2.75) is 43.5 Å². The molecule has 0 amide bonds. The van der Waals surface area contributed by atoms with E-state index in [0.29, 0.717) is 6.54 Å². The first-order valence-corrected chi connectivity index (χ1v) is 8.34. The average Bonchev–Trinajstić information content (AvgIpc) is 2.63. The molecule has 8 heteroatoms. The van der Waals surface area contributed by atoms with E-state index < -0.39 is 20.6 Å². The van der Waals surface area contributed by atoms with Crippen LogP contribution in [-0.2, 0) is 10.0 Å². The third-order valence-electron chi connectivity index (χ3n) is 3.79. The zero-order valence-corrected chi connectivity index (χ0v) is 12.7. The number of nitrogens with zero attached hydrogens (tertiary/aromatic N) is 2. The molecule has 1 saturated heterocycles. The minimum atomic E-state index is -3.92. The van der Waals surface area contributed by atoms with Crippen molar-refractivity contribution in [3.05, 3.63) is 28.3 Å². The summed E-state index contributed by atoms with van der Waals surface area (Å²) in [5.41, 5.74) is 4.92. The standard InChI is InChI=1S/C13H19N3O4S/c1-10-6-3-2-4-9-15(10)21(19,20)12-8-5-7-11(14)13(12)16(17)18/h5,7-8,10H,2-4,6,9,14H2,1H3. The van der Waals surface area contributed by atoms with Crippen molar-refractivity contribution < 1.29 is 13.3 Å². The molecule has 116 valence electrons. The van der Waals surface area contributed by atoms with Crippen molar-refractivity contribution in [2.24, 2.45) is 0 Å². The lowest BCUT2D eigenvalue weighted by molar-refractivity contribution is -0.386. The molecular formula is C13H19N3O4S. The van der Waals surface area contributed by atoms with E-state index in [1.54, 1.807) is 0 Å². The van der Waals surface area contributed by atoms with Gasteiger partial charge in [0.1, 0.15) is 5.69 Å². The van der Waals surface area contributed by atoms with E-state index in [2.05, 4.69) is 0 Å². The van der Waals surface area contributed by atoms with Crippen LogP contribution in [0.3, 0.4) is 0 Å². The second-order valence-electron chi connectivity index (χ2n) is 5.27. The van der Waals surface area contributed by atoms with E-state index in [1.165, 1.54) is 22.5 Å². The Morgan fingerprint density at radius 1 is 1.33 bits per heavy atom. The fourth-order valence-electron chi connectivity index (χ4n) is 2.67. The lowest BCUT2D eigenvalue weighted by Crippen LogP contribution is -2.38. The lowest BCUT2D eigenvalue weighted by atomic mass is 10.1. The highest BCUT2D eigenvalue weighted by Gasteiger charge is 2.35. The lowest BCUT2D eigenvalue weighted by Gasteiger charge is -2.26. The first-order valence-electron chi connectivity index (χ1n) is 6.90. The monoisotopic (exact) mass is 313 g/mol. The zero-order chi connectivity index (χ0) is 15.6. The maximum absolute atomic E-state index is 12.8. The number of nitro groups is 1. The second-order valence-corrected chi connectivity index (χ2v) is 7.12. The minimum Gasteiger partial charge on any atom is -0.393 e. The predicted octanol–water partition coefficient (Wildman–Crippen LogP) is 2.13. The molecule has 21 heavy (non-hydrogen) atoms. The Bertz CT molecular complexity index is 645. The van der Waals surface area contributed by atoms with Crippen molar-refractivity contribution >= 4 is 21.4 Å². The maximum atomic E-state index is 12.8. The van der Waals surface area contributed by atoms with Crippen LogP contribution in [0, 0.1) is 10.1 Å². The second kappa shape index (κ2) is 5.98. The Hall–Kier alpha value is -1.67. The number of nitro benzene ring substituents is 1. The van der Waals surface area contributed by atoms with Gasteiger partial charge in [-0.25, -0.2) is 8.42 Å². The van der Waals surface area contributed by atoms with Crippen LogP contribution in [0.1, 0.15) is 32.6 Å². The van der Waals surface area contributed by atoms with Gasteiger partial charge in [0.25, 0.3) is 0 Å². The van der Waals surface area contributed by atoms with Crippen molar-refractivity contribution in [1.29, 1.82) is 0 Å². The fraction of sp³-hybridized carbons (Fsp3) is 0.538. The molecule has 2 rings (SSSR count). The van der Waals surface area contributed by atoms with Gasteiger partial charge < -0.3 is 5.73 Å². The summed E-state index contributed by atoms with van der Waals surface area (Å²) in [5, 5.41) is 11.2. The molecule has 0 spiro atoms. The summed E-state index contributed by atoms with van der Waals surface area (Å²) in [5.74, 6) is 0. The molecule has 1 aliphatic heterocycles. The summed E-state index contributed by atoms with van der Waals surface area (Å²) >= 11 is 0. The molecule has 0 bridgehead atoms. The highest BCUT2D eigenvalue weighted by molar-refractivity contribution is 7.89. The zero-order valence-electron chi connectivity index (χ0n) is 11.9. The van der Waals surface area contributed by atoms with Gasteiger partial charge in [0.15, 0.2) is 4.90 Å². The summed E-state index contributed by atoms with van der Waals surface area (Å²) < 4.78 is 27.0. The number of rotatable bonds is 3. The van der Waals surface area contributed by atoms with Crippen LogP contribution in [-0.4, -0.2) is 30.2 Å². The van der Waals surface area contributed by atoms with Crippen LogP contribution in [0.15, 0.2) is 23.1 Å². The molecule has 0 radical (unpaired) electrons. The summed E-state index contributed by atoms with van der Waals surface area (Å²) in [7, 11) is -3.92. The van der Waals surface area contributed by atoms with Gasteiger partial charge in [-0.3, -0.25) is 10.1 Å². The van der Waals surface area contributed by atoms with E-state index in [9.17, 15) is 18.5 Å². The third-order valence-corrected chi connectivity index (χ3v) is 5.84.